The van der Waals surface area contributed by atoms with Gasteiger partial charge in [0.05, 0.1) is 5.52 Å². The molecule has 0 radical (unpaired) electrons. The molecule has 11 rings (SSSR count). The van der Waals surface area contributed by atoms with E-state index in [4.69, 9.17) is 0 Å². The predicted octanol–water partition coefficient (Wildman–Crippen LogP) is 13.1. The lowest BCUT2D eigenvalue weighted by atomic mass is 9.80. The number of hydrogen-bond acceptors (Lipinski definition) is 1. The minimum absolute atomic E-state index is 0.0256. The molecule has 1 atom stereocenters. The van der Waals surface area contributed by atoms with Crippen molar-refractivity contribution in [2.45, 2.75) is 64.2 Å². The standard InChI is InChI=1S/C51H44N2/c1-51(2)45-17-9-6-14-39(45)40-27-26-38(32-46(40)51)53-48-19-11-8-16-42(48)44-31-36(23-29-50(44)53)35-22-28-49-43(30-35)41-15-7-10-18-47(41)52(49)37-24-20-34(21-25-37)33-12-4-3-5-13-33/h3-5,7-9,12-13,15-17,20-29,31-32,43H,6,10-11,14,18-19,30H2,1-2H3. The van der Waals surface area contributed by atoms with E-state index in [2.05, 4.69) is 163 Å². The van der Waals surface area contributed by atoms with Crippen molar-refractivity contribution in [3.63, 3.8) is 0 Å². The molecule has 5 aromatic rings. The van der Waals surface area contributed by atoms with Crippen molar-refractivity contribution in [1.82, 2.24) is 4.57 Å². The molecule has 2 heterocycles. The van der Waals surface area contributed by atoms with Crippen LogP contribution in [0.2, 0.25) is 0 Å². The van der Waals surface area contributed by atoms with Crippen LogP contribution in [0.4, 0.5) is 5.69 Å². The molecule has 258 valence electrons. The fraction of sp³-hybridized carbons (Fsp3) is 0.216. The highest BCUT2D eigenvalue weighted by Gasteiger charge is 2.39. The molecular weight excluding hydrogens is 641 g/mol. The first-order valence-corrected chi connectivity index (χ1v) is 19.7. The van der Waals surface area contributed by atoms with Crippen LogP contribution in [0.1, 0.15) is 80.3 Å². The summed E-state index contributed by atoms with van der Waals surface area (Å²) in [5, 5.41) is 1.37. The van der Waals surface area contributed by atoms with Gasteiger partial charge in [0.2, 0.25) is 0 Å². The molecule has 4 aromatic carbocycles. The third-order valence-corrected chi connectivity index (χ3v) is 13.0. The summed E-state index contributed by atoms with van der Waals surface area (Å²) in [6, 6.07) is 34.5. The summed E-state index contributed by atoms with van der Waals surface area (Å²) >= 11 is 0. The van der Waals surface area contributed by atoms with Gasteiger partial charge in [-0.1, -0.05) is 111 Å². The van der Waals surface area contributed by atoms with Gasteiger partial charge < -0.3 is 9.47 Å². The Bertz CT molecular complexity index is 2590. The summed E-state index contributed by atoms with van der Waals surface area (Å²) in [7, 11) is 0. The molecule has 1 unspecified atom stereocenters. The lowest BCUT2D eigenvalue weighted by Gasteiger charge is -2.28. The van der Waals surface area contributed by atoms with Crippen LogP contribution < -0.4 is 4.90 Å². The van der Waals surface area contributed by atoms with E-state index in [-0.39, 0.29) is 5.41 Å². The number of benzene rings is 4. The summed E-state index contributed by atoms with van der Waals surface area (Å²) in [5.74, 6) is 0.369. The Morgan fingerprint density at radius 2 is 1.42 bits per heavy atom. The topological polar surface area (TPSA) is 8.17 Å². The van der Waals surface area contributed by atoms with Crippen molar-refractivity contribution in [3.05, 3.63) is 184 Å². The first kappa shape index (κ1) is 31.0. The van der Waals surface area contributed by atoms with E-state index in [1.54, 1.807) is 5.57 Å². The molecular formula is C51H44N2. The van der Waals surface area contributed by atoms with Crippen molar-refractivity contribution in [3.8, 4) is 16.8 Å². The van der Waals surface area contributed by atoms with Crippen LogP contribution >= 0.6 is 0 Å². The van der Waals surface area contributed by atoms with Gasteiger partial charge in [0.15, 0.2) is 0 Å². The average molecular weight is 685 g/mol. The van der Waals surface area contributed by atoms with Gasteiger partial charge in [-0.25, -0.2) is 0 Å². The Hall–Kier alpha value is -5.60. The molecule has 5 aliphatic carbocycles. The van der Waals surface area contributed by atoms with E-state index in [9.17, 15) is 0 Å². The van der Waals surface area contributed by atoms with Crippen LogP contribution in [0.3, 0.4) is 0 Å². The lowest BCUT2D eigenvalue weighted by molar-refractivity contribution is 0.650. The largest absolute Gasteiger partial charge is 0.317 e. The first-order chi connectivity index (χ1) is 26.0. The minimum Gasteiger partial charge on any atom is -0.317 e. The van der Waals surface area contributed by atoms with Crippen LogP contribution in [0, 0.1) is 5.92 Å². The van der Waals surface area contributed by atoms with Crippen LogP contribution in [0.25, 0.3) is 44.9 Å². The predicted molar refractivity (Wildman–Crippen MR) is 223 cm³/mol. The highest BCUT2D eigenvalue weighted by molar-refractivity contribution is 5.96. The van der Waals surface area contributed by atoms with Crippen molar-refractivity contribution >= 4 is 33.8 Å². The molecule has 0 fully saturated rings. The highest BCUT2D eigenvalue weighted by Crippen LogP contribution is 2.52. The van der Waals surface area contributed by atoms with E-state index in [0.717, 1.165) is 44.9 Å². The van der Waals surface area contributed by atoms with Crippen LogP contribution in [-0.2, 0) is 11.8 Å². The molecule has 0 N–H and O–H groups in total. The van der Waals surface area contributed by atoms with Crippen LogP contribution in [-0.4, -0.2) is 4.57 Å². The van der Waals surface area contributed by atoms with Crippen LogP contribution in [0.5, 0.6) is 0 Å². The monoisotopic (exact) mass is 684 g/mol. The molecule has 0 saturated heterocycles. The Labute approximate surface area is 313 Å². The fourth-order valence-electron chi connectivity index (χ4n) is 10.4. The summed E-state index contributed by atoms with van der Waals surface area (Å²) in [5.41, 5.74) is 22.4. The Kier molecular flexibility index (Phi) is 6.84. The van der Waals surface area contributed by atoms with E-state index >= 15 is 0 Å². The number of allylic oxidation sites excluding steroid dienone is 12. The van der Waals surface area contributed by atoms with Gasteiger partial charge in [0.1, 0.15) is 0 Å². The smallest absolute Gasteiger partial charge is 0.0538 e. The normalized spacial score (nSPS) is 20.6. The first-order valence-electron chi connectivity index (χ1n) is 19.7. The molecule has 0 bridgehead atoms. The number of aromatic nitrogens is 1. The van der Waals surface area contributed by atoms with Crippen molar-refractivity contribution in [2.24, 2.45) is 5.92 Å². The second kappa shape index (κ2) is 11.7. The average Bonchev–Trinajstić information content (AvgIpc) is 3.81. The van der Waals surface area contributed by atoms with E-state index < -0.39 is 0 Å². The van der Waals surface area contributed by atoms with Crippen molar-refractivity contribution in [1.29, 1.82) is 0 Å². The number of nitrogens with zero attached hydrogens (tertiary/aromatic N) is 2. The maximum absolute atomic E-state index is 2.58. The molecule has 2 nitrogen and oxygen atoms in total. The molecule has 53 heavy (non-hydrogen) atoms. The molecule has 1 aliphatic heterocycles. The molecule has 0 amide bonds. The number of hydrogen-bond donors (Lipinski definition) is 0. The Morgan fingerprint density at radius 3 is 2.30 bits per heavy atom. The second-order valence-corrected chi connectivity index (χ2v) is 16.2. The third-order valence-electron chi connectivity index (χ3n) is 13.0. The van der Waals surface area contributed by atoms with Crippen molar-refractivity contribution < 1.29 is 0 Å². The van der Waals surface area contributed by atoms with Crippen molar-refractivity contribution in [2.75, 3.05) is 4.90 Å². The highest BCUT2D eigenvalue weighted by atomic mass is 15.2. The quantitative estimate of drug-likeness (QED) is 0.183. The maximum Gasteiger partial charge on any atom is 0.0538 e. The van der Waals surface area contributed by atoms with Gasteiger partial charge in [0.25, 0.3) is 0 Å². The minimum atomic E-state index is 0.0256. The molecule has 6 aliphatic rings. The zero-order chi connectivity index (χ0) is 35.3. The molecule has 0 spiro atoms. The Balaban J connectivity index is 0.972. The fourth-order valence-corrected chi connectivity index (χ4v) is 10.4. The number of rotatable bonds is 4. The summed E-state index contributed by atoms with van der Waals surface area (Å²) in [4.78, 5) is 2.57. The Morgan fingerprint density at radius 1 is 0.660 bits per heavy atom. The van der Waals surface area contributed by atoms with Gasteiger partial charge in [-0.2, -0.15) is 0 Å². The van der Waals surface area contributed by atoms with E-state index in [1.807, 2.05) is 0 Å². The number of anilines is 1. The molecule has 2 heteroatoms. The second-order valence-electron chi connectivity index (χ2n) is 16.2. The van der Waals surface area contributed by atoms with E-state index in [1.165, 1.54) is 89.5 Å². The number of fused-ring (bicyclic) bond motifs is 7. The molecule has 0 saturated carbocycles. The van der Waals surface area contributed by atoms with Crippen LogP contribution in [0.15, 0.2) is 156 Å². The van der Waals surface area contributed by atoms with Gasteiger partial charge >= 0.3 is 0 Å². The zero-order valence-corrected chi connectivity index (χ0v) is 30.7. The zero-order valence-electron chi connectivity index (χ0n) is 30.7. The van der Waals surface area contributed by atoms with Gasteiger partial charge in [-0.3, -0.25) is 0 Å². The lowest BCUT2D eigenvalue weighted by Crippen LogP contribution is -2.20. The van der Waals surface area contributed by atoms with Gasteiger partial charge in [-0.05, 0) is 138 Å². The van der Waals surface area contributed by atoms with Gasteiger partial charge in [0, 0.05) is 50.7 Å². The SMILES string of the molecule is CC1(C)C2=C(CCC=C2)c2ccc(-n3c4c(c5cc(C6=CC=C7C(C6)C6=C(CCC=C6)N7c6ccc(-c7ccccc7)cc6)ccc53)C=CCC4)cc21. The third kappa shape index (κ3) is 4.64. The molecule has 1 aromatic heterocycles. The summed E-state index contributed by atoms with van der Waals surface area (Å²) in [6.45, 7) is 4.83. The summed E-state index contributed by atoms with van der Waals surface area (Å²) in [6.07, 6.45) is 26.8. The van der Waals surface area contributed by atoms with Gasteiger partial charge in [-0.15, -0.1) is 0 Å². The van der Waals surface area contributed by atoms with E-state index in [0.29, 0.717) is 5.92 Å². The summed E-state index contributed by atoms with van der Waals surface area (Å²) < 4.78 is 2.58. The maximum atomic E-state index is 2.58.